The van der Waals surface area contributed by atoms with Gasteiger partial charge in [-0.1, -0.05) is 28.3 Å². The number of nitrogens with one attached hydrogen (secondary N) is 1. The van der Waals surface area contributed by atoms with E-state index in [1.165, 1.54) is 23.1 Å². The minimum atomic E-state index is -0.260. The number of nitrogens with zero attached hydrogens (tertiary/aromatic N) is 4. The Balaban J connectivity index is 1.73. The highest BCUT2D eigenvalue weighted by Gasteiger charge is 2.15. The fraction of sp³-hybridized carbons (Fsp3) is 0.154. The van der Waals surface area contributed by atoms with E-state index in [1.807, 2.05) is 13.0 Å². The number of aryl methyl sites for hydroxylation is 1. The number of amides is 1. The molecule has 7 nitrogen and oxygen atoms in total. The zero-order valence-electron chi connectivity index (χ0n) is 11.5. The average molecular weight is 333 g/mol. The summed E-state index contributed by atoms with van der Waals surface area (Å²) in [5.74, 6) is 1.07. The summed E-state index contributed by atoms with van der Waals surface area (Å²) in [6.45, 7) is 1.84. The van der Waals surface area contributed by atoms with E-state index in [0.29, 0.717) is 21.5 Å². The van der Waals surface area contributed by atoms with Gasteiger partial charge in [0.05, 0.1) is 11.3 Å². The molecule has 1 N–H and O–H groups in total. The molecule has 3 rings (SSSR count). The van der Waals surface area contributed by atoms with Gasteiger partial charge in [-0.25, -0.2) is 4.98 Å². The quantitative estimate of drug-likeness (QED) is 0.717. The van der Waals surface area contributed by atoms with Crippen LogP contribution in [0.3, 0.4) is 0 Å². The molecular weight excluding hydrogens is 322 g/mol. The second kappa shape index (κ2) is 6.67. The SMILES string of the molecule is Cc1cc(CSc2ncccc2C(=O)Nc2nncs2)no1. The van der Waals surface area contributed by atoms with Crippen molar-refractivity contribution in [1.82, 2.24) is 20.3 Å². The molecule has 3 aromatic heterocycles. The average Bonchev–Trinajstić information content (AvgIpc) is 3.17. The topological polar surface area (TPSA) is 93.8 Å². The van der Waals surface area contributed by atoms with E-state index in [1.54, 1.807) is 23.8 Å². The van der Waals surface area contributed by atoms with E-state index in [0.717, 1.165) is 11.5 Å². The van der Waals surface area contributed by atoms with Crippen LogP contribution in [-0.2, 0) is 5.75 Å². The fourth-order valence-corrected chi connectivity index (χ4v) is 3.01. The van der Waals surface area contributed by atoms with Crippen molar-refractivity contribution >= 4 is 34.1 Å². The number of hydrogen-bond donors (Lipinski definition) is 1. The molecule has 0 fully saturated rings. The van der Waals surface area contributed by atoms with E-state index >= 15 is 0 Å². The molecule has 3 aromatic rings. The first-order chi connectivity index (χ1) is 10.7. The third-order valence-electron chi connectivity index (χ3n) is 2.63. The summed E-state index contributed by atoms with van der Waals surface area (Å²) in [6.07, 6.45) is 1.65. The second-order valence-electron chi connectivity index (χ2n) is 4.27. The van der Waals surface area contributed by atoms with Crippen molar-refractivity contribution in [2.45, 2.75) is 17.7 Å². The summed E-state index contributed by atoms with van der Waals surface area (Å²) in [7, 11) is 0. The summed E-state index contributed by atoms with van der Waals surface area (Å²) in [4.78, 5) is 16.6. The Hall–Kier alpha value is -2.26. The lowest BCUT2D eigenvalue weighted by atomic mass is 10.3. The number of anilines is 1. The number of pyridine rings is 1. The van der Waals surface area contributed by atoms with Gasteiger partial charge in [-0.15, -0.1) is 10.2 Å². The van der Waals surface area contributed by atoms with Crippen LogP contribution in [0.2, 0.25) is 0 Å². The minimum Gasteiger partial charge on any atom is -0.361 e. The monoisotopic (exact) mass is 333 g/mol. The molecule has 112 valence electrons. The van der Waals surface area contributed by atoms with Crippen molar-refractivity contribution in [3.8, 4) is 0 Å². The van der Waals surface area contributed by atoms with Crippen molar-refractivity contribution in [3.05, 3.63) is 46.9 Å². The molecule has 9 heteroatoms. The lowest BCUT2D eigenvalue weighted by molar-refractivity contribution is 0.102. The summed E-state index contributed by atoms with van der Waals surface area (Å²) < 4.78 is 5.02. The zero-order chi connectivity index (χ0) is 15.4. The number of aromatic nitrogens is 4. The van der Waals surface area contributed by atoms with Crippen LogP contribution >= 0.6 is 23.1 Å². The first-order valence-electron chi connectivity index (χ1n) is 6.30. The fourth-order valence-electron chi connectivity index (χ4n) is 1.70. The van der Waals surface area contributed by atoms with Gasteiger partial charge in [-0.3, -0.25) is 10.1 Å². The standard InChI is InChI=1S/C13H11N5O2S2/c1-8-5-9(18-20-8)6-21-12-10(3-2-4-14-12)11(19)16-13-17-15-7-22-13/h2-5,7H,6H2,1H3,(H,16,17,19). The van der Waals surface area contributed by atoms with Gasteiger partial charge in [0, 0.05) is 18.0 Å². The molecule has 0 aliphatic heterocycles. The van der Waals surface area contributed by atoms with Crippen molar-refractivity contribution < 1.29 is 9.32 Å². The Bertz CT molecular complexity index is 772. The zero-order valence-corrected chi connectivity index (χ0v) is 13.1. The van der Waals surface area contributed by atoms with Crippen LogP contribution in [0.25, 0.3) is 0 Å². The third-order valence-corrected chi connectivity index (χ3v) is 4.28. The molecule has 22 heavy (non-hydrogen) atoms. The summed E-state index contributed by atoms with van der Waals surface area (Å²) in [5.41, 5.74) is 2.85. The molecule has 0 aliphatic carbocycles. The smallest absolute Gasteiger partial charge is 0.260 e. The van der Waals surface area contributed by atoms with Gasteiger partial charge in [0.15, 0.2) is 0 Å². The molecule has 0 spiro atoms. The van der Waals surface area contributed by atoms with E-state index in [4.69, 9.17) is 4.52 Å². The van der Waals surface area contributed by atoms with E-state index < -0.39 is 0 Å². The predicted octanol–water partition coefficient (Wildman–Crippen LogP) is 2.77. The van der Waals surface area contributed by atoms with Crippen molar-refractivity contribution in [2.75, 3.05) is 5.32 Å². The van der Waals surface area contributed by atoms with Gasteiger partial charge in [0.2, 0.25) is 5.13 Å². The highest BCUT2D eigenvalue weighted by Crippen LogP contribution is 2.25. The molecule has 0 unspecified atom stereocenters. The number of hydrogen-bond acceptors (Lipinski definition) is 8. The Kier molecular flexibility index (Phi) is 4.45. The molecule has 0 radical (unpaired) electrons. The summed E-state index contributed by atoms with van der Waals surface area (Å²) in [6, 6.07) is 5.30. The Labute approximate surface area is 134 Å². The third kappa shape index (κ3) is 3.49. The molecule has 0 aromatic carbocycles. The lowest BCUT2D eigenvalue weighted by Crippen LogP contribution is -2.13. The van der Waals surface area contributed by atoms with Crippen molar-refractivity contribution in [3.63, 3.8) is 0 Å². The number of rotatable bonds is 5. The highest BCUT2D eigenvalue weighted by molar-refractivity contribution is 7.98. The Morgan fingerprint density at radius 3 is 3.14 bits per heavy atom. The predicted molar refractivity (Wildman–Crippen MR) is 82.9 cm³/mol. The minimum absolute atomic E-state index is 0.260. The molecule has 3 heterocycles. The molecular formula is C13H11N5O2S2. The van der Waals surface area contributed by atoms with Gasteiger partial charge in [-0.2, -0.15) is 0 Å². The van der Waals surface area contributed by atoms with Crippen LogP contribution in [0.1, 0.15) is 21.8 Å². The van der Waals surface area contributed by atoms with Gasteiger partial charge in [-0.05, 0) is 19.1 Å². The van der Waals surface area contributed by atoms with E-state index in [2.05, 4.69) is 25.7 Å². The largest absolute Gasteiger partial charge is 0.361 e. The van der Waals surface area contributed by atoms with Crippen molar-refractivity contribution in [2.24, 2.45) is 0 Å². The maximum atomic E-state index is 12.3. The van der Waals surface area contributed by atoms with Crippen LogP contribution in [0.4, 0.5) is 5.13 Å². The summed E-state index contributed by atoms with van der Waals surface area (Å²) in [5, 5.41) is 15.2. The number of carbonyl (C=O) groups excluding carboxylic acids is 1. The van der Waals surface area contributed by atoms with Crippen LogP contribution in [0.15, 0.2) is 39.5 Å². The first kappa shape index (κ1) is 14.7. The van der Waals surface area contributed by atoms with Gasteiger partial charge in [0.1, 0.15) is 16.3 Å². The first-order valence-corrected chi connectivity index (χ1v) is 8.16. The molecule has 0 aliphatic rings. The maximum absolute atomic E-state index is 12.3. The molecule has 0 bridgehead atoms. The van der Waals surface area contributed by atoms with Gasteiger partial charge < -0.3 is 4.52 Å². The van der Waals surface area contributed by atoms with Crippen molar-refractivity contribution in [1.29, 1.82) is 0 Å². The lowest BCUT2D eigenvalue weighted by Gasteiger charge is -2.06. The molecule has 0 saturated carbocycles. The van der Waals surface area contributed by atoms with E-state index in [-0.39, 0.29) is 5.91 Å². The van der Waals surface area contributed by atoms with Gasteiger partial charge in [0.25, 0.3) is 5.91 Å². The molecule has 1 amide bonds. The van der Waals surface area contributed by atoms with E-state index in [9.17, 15) is 4.79 Å². The second-order valence-corrected chi connectivity index (χ2v) is 6.07. The molecule has 0 atom stereocenters. The maximum Gasteiger partial charge on any atom is 0.260 e. The summed E-state index contributed by atoms with van der Waals surface area (Å²) >= 11 is 2.69. The number of thioether (sulfide) groups is 1. The Morgan fingerprint density at radius 1 is 1.50 bits per heavy atom. The van der Waals surface area contributed by atoms with Crippen LogP contribution < -0.4 is 5.32 Å². The normalized spacial score (nSPS) is 10.6. The van der Waals surface area contributed by atoms with Crippen LogP contribution in [0.5, 0.6) is 0 Å². The number of carbonyl (C=O) groups is 1. The van der Waals surface area contributed by atoms with Gasteiger partial charge >= 0.3 is 0 Å². The Morgan fingerprint density at radius 2 is 2.41 bits per heavy atom. The van der Waals surface area contributed by atoms with Crippen LogP contribution in [0, 0.1) is 6.92 Å². The highest BCUT2D eigenvalue weighted by atomic mass is 32.2. The van der Waals surface area contributed by atoms with Crippen LogP contribution in [-0.4, -0.2) is 26.2 Å². The molecule has 0 saturated heterocycles.